The highest BCUT2D eigenvalue weighted by molar-refractivity contribution is 5.88. The number of benzene rings is 1. The summed E-state index contributed by atoms with van der Waals surface area (Å²) in [6.07, 6.45) is 7.36. The van der Waals surface area contributed by atoms with Crippen LogP contribution in [0.15, 0.2) is 36.5 Å². The van der Waals surface area contributed by atoms with Crippen LogP contribution in [0, 0.1) is 5.92 Å². The molecule has 5 heteroatoms. The van der Waals surface area contributed by atoms with Crippen LogP contribution in [-0.4, -0.2) is 28.0 Å². The van der Waals surface area contributed by atoms with Crippen molar-refractivity contribution in [2.45, 2.75) is 51.0 Å². The van der Waals surface area contributed by atoms with Crippen molar-refractivity contribution in [2.24, 2.45) is 5.92 Å². The lowest BCUT2D eigenvalue weighted by atomic mass is 9.86. The molecule has 3 rings (SSSR count). The predicted octanol–water partition coefficient (Wildman–Crippen LogP) is 3.32. The Bertz CT molecular complexity index is 754. The van der Waals surface area contributed by atoms with E-state index in [-0.39, 0.29) is 18.4 Å². The zero-order valence-corrected chi connectivity index (χ0v) is 14.3. The van der Waals surface area contributed by atoms with Crippen LogP contribution in [0.1, 0.15) is 44.1 Å². The van der Waals surface area contributed by atoms with E-state index in [0.717, 1.165) is 48.6 Å². The molecule has 132 valence electrons. The normalized spacial score (nSPS) is 21.3. The summed E-state index contributed by atoms with van der Waals surface area (Å²) in [6, 6.07) is 9.36. The zero-order chi connectivity index (χ0) is 17.6. The summed E-state index contributed by atoms with van der Waals surface area (Å²) in [4.78, 5) is 28.5. The fourth-order valence-corrected chi connectivity index (χ4v) is 3.69. The third-order valence-corrected chi connectivity index (χ3v) is 5.00. The van der Waals surface area contributed by atoms with Crippen molar-refractivity contribution in [1.82, 2.24) is 10.3 Å². The van der Waals surface area contributed by atoms with E-state index in [1.165, 1.54) is 0 Å². The summed E-state index contributed by atoms with van der Waals surface area (Å²) in [7, 11) is 0. The second-order valence-corrected chi connectivity index (χ2v) is 6.78. The van der Waals surface area contributed by atoms with Crippen molar-refractivity contribution < 1.29 is 14.7 Å². The molecule has 25 heavy (non-hydrogen) atoms. The summed E-state index contributed by atoms with van der Waals surface area (Å²) in [5.41, 5.74) is 1.70. The second-order valence-electron chi connectivity index (χ2n) is 6.78. The van der Waals surface area contributed by atoms with Gasteiger partial charge in [0.15, 0.2) is 0 Å². The maximum atomic E-state index is 12.6. The molecule has 2 aromatic rings. The van der Waals surface area contributed by atoms with Gasteiger partial charge in [0.2, 0.25) is 5.91 Å². The highest BCUT2D eigenvalue weighted by Crippen LogP contribution is 2.24. The maximum absolute atomic E-state index is 12.6. The molecule has 5 nitrogen and oxygen atoms in total. The van der Waals surface area contributed by atoms with Gasteiger partial charge in [-0.3, -0.25) is 14.6 Å². The van der Waals surface area contributed by atoms with E-state index >= 15 is 0 Å². The Balaban J connectivity index is 1.72. The monoisotopic (exact) mass is 340 g/mol. The molecule has 0 spiro atoms. The number of fused-ring (bicyclic) bond motifs is 1. The number of aromatic nitrogens is 1. The van der Waals surface area contributed by atoms with Gasteiger partial charge < -0.3 is 10.4 Å². The predicted molar refractivity (Wildman–Crippen MR) is 96.2 cm³/mol. The van der Waals surface area contributed by atoms with Crippen LogP contribution >= 0.6 is 0 Å². The Morgan fingerprint density at radius 1 is 1.08 bits per heavy atom. The first-order valence-corrected chi connectivity index (χ1v) is 9.00. The highest BCUT2D eigenvalue weighted by Gasteiger charge is 2.29. The summed E-state index contributed by atoms with van der Waals surface area (Å²) < 4.78 is 0. The molecule has 2 N–H and O–H groups in total. The number of hydrogen-bond donors (Lipinski definition) is 2. The Kier molecular flexibility index (Phi) is 5.64. The lowest BCUT2D eigenvalue weighted by molar-refractivity contribution is -0.143. The average Bonchev–Trinajstić information content (AvgIpc) is 2.57. The molecule has 1 aliphatic carbocycles. The van der Waals surface area contributed by atoms with Crippen LogP contribution in [-0.2, 0) is 16.0 Å². The number of amides is 1. The van der Waals surface area contributed by atoms with Gasteiger partial charge in [0.25, 0.3) is 0 Å². The minimum absolute atomic E-state index is 0.130. The van der Waals surface area contributed by atoms with Gasteiger partial charge in [0.05, 0.1) is 17.9 Å². The zero-order valence-electron chi connectivity index (χ0n) is 14.3. The van der Waals surface area contributed by atoms with Gasteiger partial charge in [-0.15, -0.1) is 0 Å². The van der Waals surface area contributed by atoms with Gasteiger partial charge in [-0.2, -0.15) is 0 Å². The smallest absolute Gasteiger partial charge is 0.308 e. The molecule has 1 amide bonds. The standard InChI is InChI=1S/C20H24N2O3/c23-18(13-15-8-5-7-14-9-6-12-21-19(14)15)22-17-11-4-2-1-3-10-16(17)20(24)25/h5-9,12,16-17H,1-4,10-11,13H2,(H,22,23)(H,24,25). The fraction of sp³-hybridized carbons (Fsp3) is 0.450. The van der Waals surface area contributed by atoms with Gasteiger partial charge in [-0.05, 0) is 24.5 Å². The van der Waals surface area contributed by atoms with Crippen molar-refractivity contribution >= 4 is 22.8 Å². The van der Waals surface area contributed by atoms with E-state index in [2.05, 4.69) is 10.3 Å². The number of carbonyl (C=O) groups excluding carboxylic acids is 1. The number of aliphatic carboxylic acids is 1. The molecule has 0 saturated heterocycles. The molecule has 1 saturated carbocycles. The van der Waals surface area contributed by atoms with Gasteiger partial charge in [0, 0.05) is 17.6 Å². The Morgan fingerprint density at radius 2 is 1.84 bits per heavy atom. The molecule has 1 fully saturated rings. The number of carboxylic acid groups (broad SMARTS) is 1. The lowest BCUT2D eigenvalue weighted by Crippen LogP contribution is -2.44. The van der Waals surface area contributed by atoms with Gasteiger partial charge in [-0.1, -0.05) is 49.9 Å². The third-order valence-electron chi connectivity index (χ3n) is 5.00. The first kappa shape index (κ1) is 17.4. The van der Waals surface area contributed by atoms with E-state index in [1.54, 1.807) is 6.20 Å². The minimum atomic E-state index is -0.806. The number of pyridine rings is 1. The molecule has 1 aromatic heterocycles. The number of hydrogen-bond acceptors (Lipinski definition) is 3. The molecule has 2 atom stereocenters. The number of carboxylic acids is 1. The molecule has 0 aliphatic heterocycles. The molecule has 1 aromatic carbocycles. The van der Waals surface area contributed by atoms with E-state index in [4.69, 9.17) is 0 Å². The quantitative estimate of drug-likeness (QED) is 0.895. The number of carbonyl (C=O) groups is 2. The van der Waals surface area contributed by atoms with Crippen LogP contribution in [0.3, 0.4) is 0 Å². The molecular formula is C20H24N2O3. The van der Waals surface area contributed by atoms with Crippen LogP contribution in [0.5, 0.6) is 0 Å². The molecule has 1 aliphatic rings. The minimum Gasteiger partial charge on any atom is -0.481 e. The van der Waals surface area contributed by atoms with Gasteiger partial charge in [-0.25, -0.2) is 0 Å². The largest absolute Gasteiger partial charge is 0.481 e. The van der Waals surface area contributed by atoms with Crippen LogP contribution in [0.2, 0.25) is 0 Å². The fourth-order valence-electron chi connectivity index (χ4n) is 3.69. The molecule has 1 heterocycles. The molecule has 2 unspecified atom stereocenters. The first-order valence-electron chi connectivity index (χ1n) is 9.00. The SMILES string of the molecule is O=C(Cc1cccc2cccnc12)NC1CCCCCCC1C(=O)O. The average molecular weight is 340 g/mol. The van der Waals surface area contributed by atoms with Crippen molar-refractivity contribution in [3.05, 3.63) is 42.1 Å². The van der Waals surface area contributed by atoms with Crippen molar-refractivity contribution in [3.8, 4) is 0 Å². The van der Waals surface area contributed by atoms with E-state index in [1.807, 2.05) is 30.3 Å². The molecule has 0 bridgehead atoms. The summed E-state index contributed by atoms with van der Waals surface area (Å²) in [5.74, 6) is -1.43. The Labute approximate surface area is 147 Å². The summed E-state index contributed by atoms with van der Waals surface area (Å²) in [6.45, 7) is 0. The van der Waals surface area contributed by atoms with E-state index < -0.39 is 11.9 Å². The first-order chi connectivity index (χ1) is 12.1. The summed E-state index contributed by atoms with van der Waals surface area (Å²) >= 11 is 0. The van der Waals surface area contributed by atoms with Gasteiger partial charge >= 0.3 is 5.97 Å². The third kappa shape index (κ3) is 4.35. The molecule has 0 radical (unpaired) electrons. The second kappa shape index (κ2) is 8.10. The van der Waals surface area contributed by atoms with Gasteiger partial charge in [0.1, 0.15) is 0 Å². The van der Waals surface area contributed by atoms with Crippen molar-refractivity contribution in [2.75, 3.05) is 0 Å². The Morgan fingerprint density at radius 3 is 2.64 bits per heavy atom. The van der Waals surface area contributed by atoms with E-state index in [9.17, 15) is 14.7 Å². The molecular weight excluding hydrogens is 316 g/mol. The van der Waals surface area contributed by atoms with Crippen LogP contribution in [0.4, 0.5) is 0 Å². The topological polar surface area (TPSA) is 79.3 Å². The van der Waals surface area contributed by atoms with E-state index in [0.29, 0.717) is 6.42 Å². The van der Waals surface area contributed by atoms with Crippen molar-refractivity contribution in [3.63, 3.8) is 0 Å². The lowest BCUT2D eigenvalue weighted by Gasteiger charge is -2.27. The maximum Gasteiger partial charge on any atom is 0.308 e. The van der Waals surface area contributed by atoms with Crippen LogP contribution in [0.25, 0.3) is 10.9 Å². The highest BCUT2D eigenvalue weighted by atomic mass is 16.4. The summed E-state index contributed by atoms with van der Waals surface area (Å²) in [5, 5.41) is 13.5. The Hall–Kier alpha value is -2.43. The number of rotatable bonds is 4. The number of nitrogens with one attached hydrogen (secondary N) is 1. The number of para-hydroxylation sites is 1. The van der Waals surface area contributed by atoms with Crippen molar-refractivity contribution in [1.29, 1.82) is 0 Å². The van der Waals surface area contributed by atoms with Crippen LogP contribution < -0.4 is 5.32 Å². The number of nitrogens with zero attached hydrogens (tertiary/aromatic N) is 1.